The molecule has 7 nitrogen and oxygen atoms in total. The van der Waals surface area contributed by atoms with E-state index in [1.807, 2.05) is 6.92 Å². The molecule has 0 amide bonds. The van der Waals surface area contributed by atoms with Gasteiger partial charge in [-0.05, 0) is 12.8 Å². The van der Waals surface area contributed by atoms with Gasteiger partial charge < -0.3 is 15.4 Å². The van der Waals surface area contributed by atoms with Crippen molar-refractivity contribution in [1.82, 2.24) is 15.5 Å². The molecule has 1 saturated heterocycles. The van der Waals surface area contributed by atoms with Crippen molar-refractivity contribution in [2.24, 2.45) is 10.9 Å². The molecule has 0 radical (unpaired) electrons. The average Bonchev–Trinajstić information content (AvgIpc) is 2.47. The summed E-state index contributed by atoms with van der Waals surface area (Å²) in [6.07, 6.45) is 1.24. The Kier molecular flexibility index (Phi) is 12.2. The molecule has 24 heavy (non-hydrogen) atoms. The average molecular weight is 476 g/mol. The van der Waals surface area contributed by atoms with Crippen molar-refractivity contribution in [1.29, 1.82) is 0 Å². The third kappa shape index (κ3) is 10.00. The van der Waals surface area contributed by atoms with E-state index in [1.165, 1.54) is 6.26 Å². The maximum atomic E-state index is 11.2. The second-order valence-corrected chi connectivity index (χ2v) is 8.50. The summed E-state index contributed by atoms with van der Waals surface area (Å²) in [6, 6.07) is 0.365. The van der Waals surface area contributed by atoms with Crippen molar-refractivity contribution in [3.05, 3.63) is 0 Å². The lowest BCUT2D eigenvalue weighted by Gasteiger charge is -2.36. The van der Waals surface area contributed by atoms with Crippen LogP contribution in [0.1, 0.15) is 20.8 Å². The standard InChI is InChI=1S/C15H32N4O3S.HI/c1-5-16-15(17-6-11-23(4,20)21)18-12-14(13(2)3)19-7-9-22-10-8-19;/h13-14H,5-12H2,1-4H3,(H2,16,17,18);1H. The van der Waals surface area contributed by atoms with Crippen LogP contribution in [-0.4, -0.2) is 83.3 Å². The van der Waals surface area contributed by atoms with Gasteiger partial charge in [-0.25, -0.2) is 8.42 Å². The lowest BCUT2D eigenvalue weighted by Crippen LogP contribution is -2.48. The molecule has 0 bridgehead atoms. The first-order valence-corrected chi connectivity index (χ1v) is 10.4. The Hall–Kier alpha value is -0.130. The van der Waals surface area contributed by atoms with Crippen molar-refractivity contribution in [2.45, 2.75) is 26.8 Å². The third-order valence-electron chi connectivity index (χ3n) is 3.83. The van der Waals surface area contributed by atoms with Crippen LogP contribution in [0.15, 0.2) is 4.99 Å². The number of morpholine rings is 1. The van der Waals surface area contributed by atoms with Crippen LogP contribution < -0.4 is 10.6 Å². The first-order chi connectivity index (χ1) is 10.8. The van der Waals surface area contributed by atoms with Gasteiger partial charge in [0.15, 0.2) is 5.96 Å². The second-order valence-electron chi connectivity index (χ2n) is 6.24. The molecule has 1 heterocycles. The van der Waals surface area contributed by atoms with E-state index in [2.05, 4.69) is 34.4 Å². The van der Waals surface area contributed by atoms with Gasteiger partial charge in [0.1, 0.15) is 9.84 Å². The van der Waals surface area contributed by atoms with Crippen LogP contribution in [0.5, 0.6) is 0 Å². The molecule has 0 saturated carbocycles. The number of hydrogen-bond donors (Lipinski definition) is 2. The van der Waals surface area contributed by atoms with Gasteiger partial charge in [-0.2, -0.15) is 0 Å². The number of nitrogens with zero attached hydrogens (tertiary/aromatic N) is 2. The summed E-state index contributed by atoms with van der Waals surface area (Å²) in [4.78, 5) is 7.08. The minimum Gasteiger partial charge on any atom is -0.379 e. The SMILES string of the molecule is CCNC(=NCC(C(C)C)N1CCOCC1)NCCS(C)(=O)=O.I. The van der Waals surface area contributed by atoms with Gasteiger partial charge in [0.25, 0.3) is 0 Å². The van der Waals surface area contributed by atoms with Gasteiger partial charge in [0.2, 0.25) is 0 Å². The highest BCUT2D eigenvalue weighted by Crippen LogP contribution is 2.13. The van der Waals surface area contributed by atoms with Gasteiger partial charge in [-0.3, -0.25) is 9.89 Å². The maximum absolute atomic E-state index is 11.2. The number of rotatable bonds is 8. The van der Waals surface area contributed by atoms with Gasteiger partial charge in [0, 0.05) is 38.5 Å². The summed E-state index contributed by atoms with van der Waals surface area (Å²) in [5, 5.41) is 6.26. The van der Waals surface area contributed by atoms with E-state index in [-0.39, 0.29) is 29.7 Å². The molecule has 0 aromatic rings. The van der Waals surface area contributed by atoms with Crippen molar-refractivity contribution < 1.29 is 13.2 Å². The molecule has 9 heteroatoms. The smallest absolute Gasteiger partial charge is 0.191 e. The van der Waals surface area contributed by atoms with Gasteiger partial charge in [0.05, 0.1) is 25.5 Å². The minimum atomic E-state index is -2.96. The quantitative estimate of drug-likeness (QED) is 0.303. The molecule has 1 unspecified atom stereocenters. The Balaban J connectivity index is 0.00000529. The van der Waals surface area contributed by atoms with Crippen molar-refractivity contribution in [2.75, 3.05) is 57.9 Å². The molecule has 1 atom stereocenters. The molecule has 0 aromatic heterocycles. The Bertz CT molecular complexity index is 465. The minimum absolute atomic E-state index is 0. The number of hydrogen-bond acceptors (Lipinski definition) is 5. The molecule has 144 valence electrons. The van der Waals surface area contributed by atoms with Crippen LogP contribution >= 0.6 is 24.0 Å². The van der Waals surface area contributed by atoms with Crippen LogP contribution in [-0.2, 0) is 14.6 Å². The lowest BCUT2D eigenvalue weighted by atomic mass is 10.0. The van der Waals surface area contributed by atoms with E-state index in [1.54, 1.807) is 0 Å². The zero-order chi connectivity index (χ0) is 17.3. The first kappa shape index (κ1) is 23.9. The topological polar surface area (TPSA) is 83.0 Å². The molecule has 1 fully saturated rings. The third-order valence-corrected chi connectivity index (χ3v) is 4.78. The van der Waals surface area contributed by atoms with Crippen molar-refractivity contribution in [3.8, 4) is 0 Å². The largest absolute Gasteiger partial charge is 0.379 e. The number of ether oxygens (including phenoxy) is 1. The van der Waals surface area contributed by atoms with E-state index in [9.17, 15) is 8.42 Å². The molecule has 2 N–H and O–H groups in total. The Labute approximate surface area is 163 Å². The number of sulfone groups is 1. The van der Waals surface area contributed by atoms with Crippen LogP contribution in [0.4, 0.5) is 0 Å². The molecule has 1 rings (SSSR count). The highest BCUT2D eigenvalue weighted by molar-refractivity contribution is 14.0. The van der Waals surface area contributed by atoms with Crippen LogP contribution in [0.3, 0.4) is 0 Å². The predicted molar refractivity (Wildman–Crippen MR) is 110 cm³/mol. The Morgan fingerprint density at radius 3 is 2.38 bits per heavy atom. The fourth-order valence-electron chi connectivity index (χ4n) is 2.54. The summed E-state index contributed by atoms with van der Waals surface area (Å²) in [6.45, 7) is 11.6. The first-order valence-electron chi connectivity index (χ1n) is 8.35. The van der Waals surface area contributed by atoms with Gasteiger partial charge in [-0.1, -0.05) is 13.8 Å². The van der Waals surface area contributed by atoms with E-state index in [0.717, 1.165) is 32.8 Å². The molecule has 0 spiro atoms. The number of guanidine groups is 1. The van der Waals surface area contributed by atoms with Gasteiger partial charge in [-0.15, -0.1) is 24.0 Å². The number of halogens is 1. The fourth-order valence-corrected chi connectivity index (χ4v) is 3.01. The van der Waals surface area contributed by atoms with E-state index in [0.29, 0.717) is 31.0 Å². The van der Waals surface area contributed by atoms with Crippen molar-refractivity contribution >= 4 is 39.8 Å². The van der Waals surface area contributed by atoms with E-state index < -0.39 is 9.84 Å². The molecule has 0 aliphatic carbocycles. The summed E-state index contributed by atoms with van der Waals surface area (Å²) in [5.41, 5.74) is 0. The van der Waals surface area contributed by atoms with E-state index in [4.69, 9.17) is 4.74 Å². The number of aliphatic imine (C=N–C) groups is 1. The summed E-state index contributed by atoms with van der Waals surface area (Å²) >= 11 is 0. The molecule has 0 aromatic carbocycles. The lowest BCUT2D eigenvalue weighted by molar-refractivity contribution is 0.00867. The van der Waals surface area contributed by atoms with Gasteiger partial charge >= 0.3 is 0 Å². The van der Waals surface area contributed by atoms with Crippen LogP contribution in [0, 0.1) is 5.92 Å². The normalized spacial score (nSPS) is 18.1. The Morgan fingerprint density at radius 2 is 1.88 bits per heavy atom. The fraction of sp³-hybridized carbons (Fsp3) is 0.933. The second kappa shape index (κ2) is 12.3. The summed E-state index contributed by atoms with van der Waals surface area (Å²) in [5.74, 6) is 1.28. The zero-order valence-corrected chi connectivity index (χ0v) is 18.4. The summed E-state index contributed by atoms with van der Waals surface area (Å²) < 4.78 is 27.8. The maximum Gasteiger partial charge on any atom is 0.191 e. The Morgan fingerprint density at radius 1 is 1.25 bits per heavy atom. The summed E-state index contributed by atoms with van der Waals surface area (Å²) in [7, 11) is -2.96. The highest BCUT2D eigenvalue weighted by Gasteiger charge is 2.23. The molecular formula is C15H33IN4O3S. The zero-order valence-electron chi connectivity index (χ0n) is 15.2. The number of nitrogens with one attached hydrogen (secondary N) is 2. The van der Waals surface area contributed by atoms with Crippen LogP contribution in [0.2, 0.25) is 0 Å². The molecular weight excluding hydrogens is 443 g/mol. The monoisotopic (exact) mass is 476 g/mol. The van der Waals surface area contributed by atoms with Crippen LogP contribution in [0.25, 0.3) is 0 Å². The van der Waals surface area contributed by atoms with Crippen molar-refractivity contribution in [3.63, 3.8) is 0 Å². The molecule has 1 aliphatic rings. The predicted octanol–water partition coefficient (Wildman–Crippen LogP) is 0.561. The highest BCUT2D eigenvalue weighted by atomic mass is 127. The van der Waals surface area contributed by atoms with E-state index >= 15 is 0 Å². The molecule has 1 aliphatic heterocycles.